The zero-order valence-electron chi connectivity index (χ0n) is 12.7. The highest BCUT2D eigenvalue weighted by molar-refractivity contribution is 5.51. The Balaban J connectivity index is 1.99. The van der Waals surface area contributed by atoms with E-state index in [1.54, 1.807) is 0 Å². The molecule has 106 valence electrons. The second kappa shape index (κ2) is 6.95. The lowest BCUT2D eigenvalue weighted by atomic mass is 9.94. The van der Waals surface area contributed by atoms with E-state index in [1.165, 1.54) is 49.2 Å². The Kier molecular flexibility index (Phi) is 5.26. The van der Waals surface area contributed by atoms with E-state index >= 15 is 0 Å². The third-order valence-electron chi connectivity index (χ3n) is 4.45. The van der Waals surface area contributed by atoms with Gasteiger partial charge in [-0.05, 0) is 55.5 Å². The number of hydrogen-bond donors (Lipinski definition) is 1. The molecule has 0 radical (unpaired) electrons. The molecule has 0 amide bonds. The van der Waals surface area contributed by atoms with Crippen LogP contribution in [0.3, 0.4) is 0 Å². The molecule has 2 nitrogen and oxygen atoms in total. The molecular weight excluding hydrogens is 232 g/mol. The van der Waals surface area contributed by atoms with Crippen molar-refractivity contribution < 1.29 is 0 Å². The molecule has 2 rings (SSSR count). The summed E-state index contributed by atoms with van der Waals surface area (Å²) in [4.78, 5) is 2.55. The Morgan fingerprint density at radius 3 is 2.53 bits per heavy atom. The van der Waals surface area contributed by atoms with Crippen molar-refractivity contribution in [2.45, 2.75) is 46.6 Å². The predicted molar refractivity (Wildman–Crippen MR) is 83.8 cm³/mol. The smallest absolute Gasteiger partial charge is 0.0369 e. The van der Waals surface area contributed by atoms with Crippen LogP contribution in [0.4, 0.5) is 5.69 Å². The Morgan fingerprint density at radius 1 is 1.21 bits per heavy atom. The number of benzene rings is 1. The van der Waals surface area contributed by atoms with Gasteiger partial charge in [0.2, 0.25) is 0 Å². The normalized spacial score (nSPS) is 16.9. The molecule has 0 unspecified atom stereocenters. The van der Waals surface area contributed by atoms with Crippen LogP contribution < -0.4 is 10.2 Å². The average Bonchev–Trinajstić information content (AvgIpc) is 2.46. The van der Waals surface area contributed by atoms with Gasteiger partial charge in [-0.15, -0.1) is 0 Å². The van der Waals surface area contributed by atoms with E-state index in [0.717, 1.165) is 19.0 Å². The number of aryl methyl sites for hydroxylation is 1. The Hall–Kier alpha value is -1.02. The van der Waals surface area contributed by atoms with Crippen LogP contribution in [0.15, 0.2) is 18.2 Å². The molecule has 1 aromatic carbocycles. The van der Waals surface area contributed by atoms with Gasteiger partial charge in [-0.3, -0.25) is 0 Å². The molecule has 0 aliphatic carbocycles. The Labute approximate surface area is 118 Å². The minimum absolute atomic E-state index is 0.949. The molecule has 19 heavy (non-hydrogen) atoms. The number of hydrogen-bond acceptors (Lipinski definition) is 2. The maximum Gasteiger partial charge on any atom is 0.0369 e. The van der Waals surface area contributed by atoms with E-state index in [2.05, 4.69) is 49.2 Å². The number of rotatable bonds is 5. The van der Waals surface area contributed by atoms with Crippen LogP contribution >= 0.6 is 0 Å². The number of nitrogens with one attached hydrogen (secondary N) is 1. The molecule has 0 aromatic heterocycles. The molecule has 1 saturated heterocycles. The first kappa shape index (κ1) is 14.4. The molecule has 2 heteroatoms. The average molecular weight is 260 g/mol. The Morgan fingerprint density at radius 2 is 1.95 bits per heavy atom. The SMILES string of the molecule is CCNCc1ccc(N2CCC(CC)CC2)cc1C. The Bertz CT molecular complexity index is 392. The lowest BCUT2D eigenvalue weighted by Crippen LogP contribution is -2.33. The van der Waals surface area contributed by atoms with Gasteiger partial charge in [0.1, 0.15) is 0 Å². The van der Waals surface area contributed by atoms with Gasteiger partial charge in [0.15, 0.2) is 0 Å². The van der Waals surface area contributed by atoms with Crippen molar-refractivity contribution in [3.8, 4) is 0 Å². The number of piperidine rings is 1. The molecule has 0 saturated carbocycles. The van der Waals surface area contributed by atoms with Crippen molar-refractivity contribution in [3.63, 3.8) is 0 Å². The van der Waals surface area contributed by atoms with E-state index in [0.29, 0.717) is 0 Å². The zero-order chi connectivity index (χ0) is 13.7. The summed E-state index contributed by atoms with van der Waals surface area (Å²) in [5.41, 5.74) is 4.25. The molecule has 1 N–H and O–H groups in total. The standard InChI is InChI=1S/C17H28N2/c1-4-15-8-10-19(11-9-15)17-7-6-16(13-18-5-2)14(3)12-17/h6-7,12,15,18H,4-5,8-11,13H2,1-3H3. The highest BCUT2D eigenvalue weighted by Gasteiger charge is 2.18. The summed E-state index contributed by atoms with van der Waals surface area (Å²) in [6.07, 6.45) is 4.05. The molecule has 1 aromatic rings. The van der Waals surface area contributed by atoms with Crippen LogP contribution in [0.5, 0.6) is 0 Å². The first-order chi connectivity index (χ1) is 9.24. The fourth-order valence-electron chi connectivity index (χ4n) is 2.93. The highest BCUT2D eigenvalue weighted by atomic mass is 15.1. The van der Waals surface area contributed by atoms with Crippen LogP contribution in [0.2, 0.25) is 0 Å². The predicted octanol–water partition coefficient (Wildman–Crippen LogP) is 3.73. The highest BCUT2D eigenvalue weighted by Crippen LogP contribution is 2.26. The van der Waals surface area contributed by atoms with Gasteiger partial charge >= 0.3 is 0 Å². The summed E-state index contributed by atoms with van der Waals surface area (Å²) in [5.74, 6) is 0.949. The van der Waals surface area contributed by atoms with Crippen LogP contribution in [0.25, 0.3) is 0 Å². The van der Waals surface area contributed by atoms with Gasteiger partial charge in [-0.25, -0.2) is 0 Å². The number of anilines is 1. The second-order valence-corrected chi connectivity index (χ2v) is 5.73. The van der Waals surface area contributed by atoms with Crippen molar-refractivity contribution in [2.75, 3.05) is 24.5 Å². The summed E-state index contributed by atoms with van der Waals surface area (Å²) in [5, 5.41) is 3.40. The first-order valence-corrected chi connectivity index (χ1v) is 7.79. The lowest BCUT2D eigenvalue weighted by molar-refractivity contribution is 0.395. The lowest BCUT2D eigenvalue weighted by Gasteiger charge is -2.33. The quantitative estimate of drug-likeness (QED) is 0.868. The van der Waals surface area contributed by atoms with E-state index in [-0.39, 0.29) is 0 Å². The topological polar surface area (TPSA) is 15.3 Å². The zero-order valence-corrected chi connectivity index (χ0v) is 12.7. The fraction of sp³-hybridized carbons (Fsp3) is 0.647. The minimum atomic E-state index is 0.949. The second-order valence-electron chi connectivity index (χ2n) is 5.73. The molecule has 1 fully saturated rings. The molecule has 0 atom stereocenters. The van der Waals surface area contributed by atoms with E-state index < -0.39 is 0 Å². The molecular formula is C17H28N2. The molecule has 1 aliphatic heterocycles. The van der Waals surface area contributed by atoms with E-state index in [9.17, 15) is 0 Å². The maximum atomic E-state index is 3.40. The van der Waals surface area contributed by atoms with Crippen molar-refractivity contribution in [2.24, 2.45) is 5.92 Å². The third-order valence-corrected chi connectivity index (χ3v) is 4.45. The summed E-state index contributed by atoms with van der Waals surface area (Å²) >= 11 is 0. The van der Waals surface area contributed by atoms with Crippen LogP contribution in [-0.4, -0.2) is 19.6 Å². The maximum absolute atomic E-state index is 3.40. The van der Waals surface area contributed by atoms with Gasteiger partial charge in [0.05, 0.1) is 0 Å². The monoisotopic (exact) mass is 260 g/mol. The van der Waals surface area contributed by atoms with Gasteiger partial charge in [-0.1, -0.05) is 26.3 Å². The van der Waals surface area contributed by atoms with E-state index in [4.69, 9.17) is 0 Å². The van der Waals surface area contributed by atoms with Crippen molar-refractivity contribution >= 4 is 5.69 Å². The van der Waals surface area contributed by atoms with Gasteiger partial charge < -0.3 is 10.2 Å². The molecule has 0 bridgehead atoms. The summed E-state index contributed by atoms with van der Waals surface area (Å²) < 4.78 is 0. The van der Waals surface area contributed by atoms with Crippen LogP contribution in [0, 0.1) is 12.8 Å². The fourth-order valence-corrected chi connectivity index (χ4v) is 2.93. The third kappa shape index (κ3) is 3.73. The van der Waals surface area contributed by atoms with E-state index in [1.807, 2.05) is 0 Å². The summed E-state index contributed by atoms with van der Waals surface area (Å²) in [6.45, 7) is 11.2. The van der Waals surface area contributed by atoms with Gasteiger partial charge in [-0.2, -0.15) is 0 Å². The van der Waals surface area contributed by atoms with Crippen LogP contribution in [-0.2, 0) is 6.54 Å². The van der Waals surface area contributed by atoms with Crippen molar-refractivity contribution in [1.29, 1.82) is 0 Å². The largest absolute Gasteiger partial charge is 0.372 e. The molecule has 1 heterocycles. The number of nitrogens with zero attached hydrogens (tertiary/aromatic N) is 1. The minimum Gasteiger partial charge on any atom is -0.372 e. The molecule has 1 aliphatic rings. The summed E-state index contributed by atoms with van der Waals surface area (Å²) in [7, 11) is 0. The van der Waals surface area contributed by atoms with Crippen LogP contribution in [0.1, 0.15) is 44.2 Å². The van der Waals surface area contributed by atoms with Gasteiger partial charge in [0.25, 0.3) is 0 Å². The van der Waals surface area contributed by atoms with Gasteiger partial charge in [0, 0.05) is 25.3 Å². The van der Waals surface area contributed by atoms with Crippen molar-refractivity contribution in [3.05, 3.63) is 29.3 Å². The first-order valence-electron chi connectivity index (χ1n) is 7.79. The van der Waals surface area contributed by atoms with Crippen molar-refractivity contribution in [1.82, 2.24) is 5.32 Å². The summed E-state index contributed by atoms with van der Waals surface area (Å²) in [6, 6.07) is 6.95. The molecule has 0 spiro atoms.